The molecule has 0 fully saturated rings. The minimum atomic E-state index is -4.66. The van der Waals surface area contributed by atoms with Gasteiger partial charge in [0.1, 0.15) is 19.8 Å². The first-order chi connectivity index (χ1) is 37.0. The second kappa shape index (κ2) is 55.9. The lowest BCUT2D eigenvalue weighted by Crippen LogP contribution is -2.37. The Morgan fingerprint density at radius 3 is 1.12 bits per heavy atom. The standard InChI is InChI=1S/C66H110NO8P/c1-6-8-10-12-14-16-18-20-22-23-24-25-26-27-28-29-30-31-32-33-34-35-36-37-38-39-40-41-42-43-45-47-49-51-53-55-57-59-66(69)75-64(63-74-76(70,71)73-61-60-67(3,4)5)62-72-65(68)58-56-54-52-50-48-46-44-21-19-17-15-13-11-9-7-2/h8-11,14-17,20-22,24-25,27-28,30-31,44,48,50,54,56,64H,6-7,12-13,18-19,23,26,29,32-43,45-47,49,51-53,55,57-63H2,1-5H3/b10-8-,11-9-,16-14-,17-15-,22-20-,25-24-,28-27-,31-30-,44-21-,50-48-,56-54-. The van der Waals surface area contributed by atoms with Gasteiger partial charge in [0.05, 0.1) is 34.2 Å². The first-order valence-corrected chi connectivity index (χ1v) is 31.4. The third-order valence-corrected chi connectivity index (χ3v) is 13.2. The first-order valence-electron chi connectivity index (χ1n) is 29.9. The molecule has 0 saturated heterocycles. The van der Waals surface area contributed by atoms with E-state index in [2.05, 4.69) is 129 Å². The van der Waals surface area contributed by atoms with Gasteiger partial charge in [0.15, 0.2) is 6.10 Å². The van der Waals surface area contributed by atoms with E-state index in [-0.39, 0.29) is 26.1 Å². The van der Waals surface area contributed by atoms with E-state index in [4.69, 9.17) is 18.5 Å². The zero-order chi connectivity index (χ0) is 55.6. The highest BCUT2D eigenvalue weighted by Crippen LogP contribution is 2.38. The monoisotopic (exact) mass is 1080 g/mol. The number of phosphoric acid groups is 1. The summed E-state index contributed by atoms with van der Waals surface area (Å²) in [5.41, 5.74) is 0. The second-order valence-corrected chi connectivity index (χ2v) is 22.0. The highest BCUT2D eigenvalue weighted by atomic mass is 31.2. The number of hydrogen-bond acceptors (Lipinski definition) is 8. The molecule has 0 aliphatic carbocycles. The number of unbranched alkanes of at least 4 members (excludes halogenated alkanes) is 18. The van der Waals surface area contributed by atoms with E-state index in [1.807, 2.05) is 33.3 Å². The van der Waals surface area contributed by atoms with Crippen molar-refractivity contribution in [3.63, 3.8) is 0 Å². The summed E-state index contributed by atoms with van der Waals surface area (Å²) in [6, 6.07) is 0. The summed E-state index contributed by atoms with van der Waals surface area (Å²) in [7, 11) is 1.11. The molecule has 0 bridgehead atoms. The molecule has 10 heteroatoms. The summed E-state index contributed by atoms with van der Waals surface area (Å²) < 4.78 is 34.0. The smallest absolute Gasteiger partial charge is 0.309 e. The van der Waals surface area contributed by atoms with Crippen LogP contribution in [0.3, 0.4) is 0 Å². The third-order valence-electron chi connectivity index (χ3n) is 12.2. The molecule has 0 rings (SSSR count). The van der Waals surface area contributed by atoms with Gasteiger partial charge in [0.2, 0.25) is 0 Å². The molecule has 0 aromatic carbocycles. The second-order valence-electron chi connectivity index (χ2n) is 20.6. The average Bonchev–Trinajstić information content (AvgIpc) is 3.38. The van der Waals surface area contributed by atoms with Crippen molar-refractivity contribution in [3.05, 3.63) is 134 Å². The Bertz CT molecular complexity index is 1740. The summed E-state index contributed by atoms with van der Waals surface area (Å²) in [5, 5.41) is 0. The van der Waals surface area contributed by atoms with Gasteiger partial charge in [-0.25, -0.2) is 0 Å². The molecule has 0 N–H and O–H groups in total. The van der Waals surface area contributed by atoms with Crippen LogP contribution in [0.25, 0.3) is 0 Å². The molecule has 2 unspecified atom stereocenters. The first kappa shape index (κ1) is 72.2. The molecule has 9 nitrogen and oxygen atoms in total. The highest BCUT2D eigenvalue weighted by Gasteiger charge is 2.21. The predicted molar refractivity (Wildman–Crippen MR) is 323 cm³/mol. The van der Waals surface area contributed by atoms with Gasteiger partial charge in [0, 0.05) is 6.42 Å². The fourth-order valence-electron chi connectivity index (χ4n) is 7.67. The van der Waals surface area contributed by atoms with Crippen LogP contribution in [0.2, 0.25) is 0 Å². The summed E-state index contributed by atoms with van der Waals surface area (Å²) in [4.78, 5) is 37.7. The predicted octanol–water partition coefficient (Wildman–Crippen LogP) is 18.3. The maximum atomic E-state index is 12.8. The number of allylic oxidation sites excluding steroid dienone is 21. The van der Waals surface area contributed by atoms with Gasteiger partial charge in [-0.1, -0.05) is 250 Å². The molecule has 0 aliphatic heterocycles. The van der Waals surface area contributed by atoms with Crippen molar-refractivity contribution in [2.24, 2.45) is 0 Å². The summed E-state index contributed by atoms with van der Waals surface area (Å²) in [6.45, 7) is 3.88. The van der Waals surface area contributed by atoms with Crippen molar-refractivity contribution >= 4 is 19.8 Å². The van der Waals surface area contributed by atoms with Crippen LogP contribution in [0.15, 0.2) is 134 Å². The Labute approximate surface area is 466 Å². The number of carbonyl (C=O) groups excluding carboxylic acids is 2. The molecule has 76 heavy (non-hydrogen) atoms. The molecule has 0 spiro atoms. The summed E-state index contributed by atoms with van der Waals surface area (Å²) in [5.74, 6) is -0.985. The average molecular weight is 1080 g/mol. The van der Waals surface area contributed by atoms with Gasteiger partial charge < -0.3 is 27.9 Å². The van der Waals surface area contributed by atoms with E-state index < -0.39 is 32.5 Å². The number of hydrogen-bond donors (Lipinski definition) is 0. The maximum absolute atomic E-state index is 12.8. The Hall–Kier alpha value is -3.85. The zero-order valence-electron chi connectivity index (χ0n) is 48.9. The number of esters is 2. The Morgan fingerprint density at radius 1 is 0.421 bits per heavy atom. The van der Waals surface area contributed by atoms with E-state index in [1.165, 1.54) is 96.3 Å². The lowest BCUT2D eigenvalue weighted by atomic mass is 10.0. The van der Waals surface area contributed by atoms with Crippen LogP contribution in [0, 0.1) is 0 Å². The van der Waals surface area contributed by atoms with E-state index in [9.17, 15) is 19.0 Å². The lowest BCUT2D eigenvalue weighted by molar-refractivity contribution is -0.870. The molecule has 0 aromatic heterocycles. The molecule has 0 radical (unpaired) electrons. The lowest BCUT2D eigenvalue weighted by Gasteiger charge is -2.28. The van der Waals surface area contributed by atoms with Crippen LogP contribution < -0.4 is 4.89 Å². The largest absolute Gasteiger partial charge is 0.756 e. The van der Waals surface area contributed by atoms with Crippen LogP contribution in [0.5, 0.6) is 0 Å². The van der Waals surface area contributed by atoms with Crippen molar-refractivity contribution in [3.8, 4) is 0 Å². The van der Waals surface area contributed by atoms with Crippen molar-refractivity contribution in [1.29, 1.82) is 0 Å². The summed E-state index contributed by atoms with van der Waals surface area (Å²) >= 11 is 0. The number of nitrogens with zero attached hydrogens (tertiary/aromatic N) is 1. The van der Waals surface area contributed by atoms with Gasteiger partial charge in [-0.15, -0.1) is 0 Å². The van der Waals surface area contributed by atoms with E-state index in [1.54, 1.807) is 6.08 Å². The molecule has 0 amide bonds. The number of quaternary nitrogens is 1. The fraction of sp³-hybridized carbons (Fsp3) is 0.636. The molecule has 432 valence electrons. The van der Waals surface area contributed by atoms with Gasteiger partial charge >= 0.3 is 11.9 Å². The normalized spacial score (nSPS) is 14.2. The summed E-state index contributed by atoms with van der Waals surface area (Å²) in [6.07, 6.45) is 81.3. The molecule has 0 saturated carbocycles. The van der Waals surface area contributed by atoms with E-state index >= 15 is 0 Å². The van der Waals surface area contributed by atoms with Crippen molar-refractivity contribution in [2.75, 3.05) is 47.5 Å². The maximum Gasteiger partial charge on any atom is 0.309 e. The Kier molecular flexibility index (Phi) is 53.1. The number of rotatable bonds is 53. The number of phosphoric ester groups is 1. The van der Waals surface area contributed by atoms with Crippen LogP contribution >= 0.6 is 7.82 Å². The van der Waals surface area contributed by atoms with Crippen molar-refractivity contribution in [2.45, 2.75) is 225 Å². The minimum absolute atomic E-state index is 0.0397. The Balaban J connectivity index is 4.07. The van der Waals surface area contributed by atoms with Crippen molar-refractivity contribution in [1.82, 2.24) is 0 Å². The molecule has 0 aromatic rings. The Morgan fingerprint density at radius 2 is 0.750 bits per heavy atom. The third kappa shape index (κ3) is 59.4. The molecular formula is C66H110NO8P. The van der Waals surface area contributed by atoms with Crippen molar-refractivity contribution < 1.29 is 42.1 Å². The van der Waals surface area contributed by atoms with Crippen LogP contribution in [0.1, 0.15) is 219 Å². The quantitative estimate of drug-likeness (QED) is 0.0195. The minimum Gasteiger partial charge on any atom is -0.756 e. The van der Waals surface area contributed by atoms with Gasteiger partial charge in [-0.05, 0) is 89.9 Å². The SMILES string of the molecule is CC/C=C\C/C=C\C/C=C\C/C=C\C/C=C\C/C=C\CCCCCCCCCCCCCCCCCCCCC(=O)OC(COC(=O)C/C=C\C/C=C\C/C=C\C/C=C\C/C=C\CC)COP(=O)([O-])OCC[N+](C)(C)C. The number of ether oxygens (including phenoxy) is 2. The van der Waals surface area contributed by atoms with Crippen LogP contribution in [0.4, 0.5) is 0 Å². The molecular weight excluding hydrogens is 966 g/mol. The molecule has 0 aliphatic rings. The van der Waals surface area contributed by atoms with E-state index in [0.29, 0.717) is 23.9 Å². The van der Waals surface area contributed by atoms with Crippen LogP contribution in [-0.4, -0.2) is 70.0 Å². The molecule has 0 heterocycles. The van der Waals surface area contributed by atoms with Crippen LogP contribution in [-0.2, 0) is 32.7 Å². The van der Waals surface area contributed by atoms with E-state index in [0.717, 1.165) is 83.5 Å². The number of carbonyl (C=O) groups is 2. The zero-order valence-corrected chi connectivity index (χ0v) is 49.8. The highest BCUT2D eigenvalue weighted by molar-refractivity contribution is 7.45. The van der Waals surface area contributed by atoms with Gasteiger partial charge in [0.25, 0.3) is 7.82 Å². The topological polar surface area (TPSA) is 111 Å². The van der Waals surface area contributed by atoms with Gasteiger partial charge in [-0.3, -0.25) is 14.2 Å². The van der Waals surface area contributed by atoms with Gasteiger partial charge in [-0.2, -0.15) is 0 Å². The molecule has 2 atom stereocenters. The fourth-order valence-corrected chi connectivity index (χ4v) is 8.40. The number of likely N-dealkylation sites (N-methyl/N-ethyl adjacent to an activating group) is 1.